The molecule has 0 bridgehead atoms. The van der Waals surface area contributed by atoms with Crippen molar-refractivity contribution >= 4 is 11.3 Å². The monoisotopic (exact) mass is 282 g/mol. The van der Waals surface area contributed by atoms with Crippen molar-refractivity contribution in [2.75, 3.05) is 0 Å². The third-order valence-electron chi connectivity index (χ3n) is 2.77. The van der Waals surface area contributed by atoms with E-state index in [0.717, 1.165) is 21.6 Å². The maximum atomic E-state index is 12.0. The summed E-state index contributed by atoms with van der Waals surface area (Å²) in [6, 6.07) is 18.3. The molecule has 3 aromatic rings. The first-order valence-electron chi connectivity index (χ1n) is 6.01. The van der Waals surface area contributed by atoms with E-state index in [1.54, 1.807) is 24.3 Å². The Morgan fingerprint density at radius 2 is 1.45 bits per heavy atom. The minimum Gasteiger partial charge on any atom is -0.271 e. The first kappa shape index (κ1) is 12.5. The Morgan fingerprint density at radius 3 is 2.10 bits per heavy atom. The maximum absolute atomic E-state index is 12.0. The van der Waals surface area contributed by atoms with Gasteiger partial charge in [0.15, 0.2) is 0 Å². The van der Waals surface area contributed by atoms with Crippen LogP contribution in [0.2, 0.25) is 0 Å². The first-order chi connectivity index (χ1) is 9.75. The molecule has 5 heteroatoms. The van der Waals surface area contributed by atoms with Crippen molar-refractivity contribution in [1.82, 2.24) is 9.78 Å². The van der Waals surface area contributed by atoms with Crippen molar-refractivity contribution in [3.05, 3.63) is 80.6 Å². The summed E-state index contributed by atoms with van der Waals surface area (Å²) in [4.78, 5) is 23.8. The van der Waals surface area contributed by atoms with Gasteiger partial charge >= 0.3 is 10.3 Å². The van der Waals surface area contributed by atoms with Crippen molar-refractivity contribution in [1.29, 1.82) is 0 Å². The predicted octanol–water partition coefficient (Wildman–Crippen LogP) is 2.32. The lowest BCUT2D eigenvalue weighted by Gasteiger charge is -2.05. The Kier molecular flexibility index (Phi) is 3.26. The number of benzene rings is 2. The van der Waals surface area contributed by atoms with Gasteiger partial charge in [0.05, 0.1) is 5.69 Å². The van der Waals surface area contributed by atoms with Crippen molar-refractivity contribution in [2.24, 2.45) is 0 Å². The Balaban J connectivity index is 2.24. The van der Waals surface area contributed by atoms with E-state index in [9.17, 15) is 9.59 Å². The molecule has 2 aromatic carbocycles. The molecule has 1 aromatic heterocycles. The van der Waals surface area contributed by atoms with Crippen molar-refractivity contribution in [2.45, 2.75) is 0 Å². The molecule has 1 heterocycles. The van der Waals surface area contributed by atoms with Gasteiger partial charge in [-0.2, -0.15) is 9.78 Å². The van der Waals surface area contributed by atoms with E-state index in [-0.39, 0.29) is 0 Å². The van der Waals surface area contributed by atoms with Crippen LogP contribution >= 0.6 is 11.3 Å². The molecule has 0 amide bonds. The van der Waals surface area contributed by atoms with Crippen LogP contribution < -0.4 is 10.3 Å². The zero-order valence-electron chi connectivity index (χ0n) is 10.4. The summed E-state index contributed by atoms with van der Waals surface area (Å²) in [5.74, 6) is 0. The van der Waals surface area contributed by atoms with Crippen LogP contribution in [0.15, 0.2) is 70.3 Å². The van der Waals surface area contributed by atoms with Crippen LogP contribution in [0, 0.1) is 0 Å². The Hall–Kier alpha value is -2.53. The Bertz CT molecular complexity index is 839. The molecule has 0 N–H and O–H groups in total. The number of aromatic nitrogens is 2. The van der Waals surface area contributed by atoms with Gasteiger partial charge in [0.2, 0.25) is 0 Å². The lowest BCUT2D eigenvalue weighted by molar-refractivity contribution is 0.819. The summed E-state index contributed by atoms with van der Waals surface area (Å²) in [7, 11) is 0. The number of hydrogen-bond donors (Lipinski definition) is 0. The molecule has 0 fully saturated rings. The zero-order chi connectivity index (χ0) is 13.9. The van der Waals surface area contributed by atoms with Crippen LogP contribution in [0.4, 0.5) is 0 Å². The van der Waals surface area contributed by atoms with E-state index in [2.05, 4.69) is 5.10 Å². The standard InChI is InChI=1S/C15H10N2O2S/c18-14-15(19)20-13(11-7-3-1-4-8-11)16-17(14)12-9-5-2-6-10-12/h1-10H. The van der Waals surface area contributed by atoms with Crippen molar-refractivity contribution in [3.63, 3.8) is 0 Å². The molecule has 0 radical (unpaired) electrons. The summed E-state index contributed by atoms with van der Waals surface area (Å²) >= 11 is 0.866. The summed E-state index contributed by atoms with van der Waals surface area (Å²) in [5.41, 5.74) is 0.778. The van der Waals surface area contributed by atoms with Crippen molar-refractivity contribution < 1.29 is 0 Å². The van der Waals surface area contributed by atoms with Crippen LogP contribution in [0.5, 0.6) is 0 Å². The lowest BCUT2D eigenvalue weighted by Crippen LogP contribution is -2.32. The quantitative estimate of drug-likeness (QED) is 0.678. The molecule has 0 saturated heterocycles. The second-order valence-corrected chi connectivity index (χ2v) is 5.07. The van der Waals surface area contributed by atoms with Gasteiger partial charge in [-0.1, -0.05) is 59.9 Å². The summed E-state index contributed by atoms with van der Waals surface area (Å²) in [5, 5.41) is 4.82. The first-order valence-corrected chi connectivity index (χ1v) is 6.83. The van der Waals surface area contributed by atoms with Gasteiger partial charge in [-0.25, -0.2) is 0 Å². The minimum absolute atomic E-state index is 0.525. The molecule has 20 heavy (non-hydrogen) atoms. The van der Waals surface area contributed by atoms with Gasteiger partial charge in [-0.15, -0.1) is 0 Å². The highest BCUT2D eigenvalue weighted by Gasteiger charge is 2.09. The number of para-hydroxylation sites is 1. The van der Waals surface area contributed by atoms with Crippen LogP contribution in [-0.2, 0) is 0 Å². The number of rotatable bonds is 2. The van der Waals surface area contributed by atoms with E-state index in [1.807, 2.05) is 36.4 Å². The highest BCUT2D eigenvalue weighted by Crippen LogP contribution is 2.17. The fraction of sp³-hybridized carbons (Fsp3) is 0. The molecular weight excluding hydrogens is 272 g/mol. The fourth-order valence-electron chi connectivity index (χ4n) is 1.82. The molecule has 0 unspecified atom stereocenters. The number of hydrogen-bond acceptors (Lipinski definition) is 4. The third-order valence-corrected chi connectivity index (χ3v) is 3.64. The van der Waals surface area contributed by atoms with Gasteiger partial charge in [0.1, 0.15) is 5.01 Å². The topological polar surface area (TPSA) is 52.0 Å². The van der Waals surface area contributed by atoms with E-state index >= 15 is 0 Å². The Labute approximate surface area is 118 Å². The van der Waals surface area contributed by atoms with Gasteiger partial charge in [0.25, 0.3) is 0 Å². The highest BCUT2D eigenvalue weighted by atomic mass is 32.1. The van der Waals surface area contributed by atoms with Crippen LogP contribution in [0.3, 0.4) is 0 Å². The molecule has 0 saturated carbocycles. The maximum Gasteiger partial charge on any atom is 0.330 e. The highest BCUT2D eigenvalue weighted by molar-refractivity contribution is 7.12. The molecule has 0 aliphatic rings. The summed E-state index contributed by atoms with van der Waals surface area (Å²) < 4.78 is 0.629. The molecule has 98 valence electrons. The second-order valence-electron chi connectivity index (χ2n) is 4.11. The van der Waals surface area contributed by atoms with Crippen LogP contribution in [0.1, 0.15) is 0 Å². The third kappa shape index (κ3) is 2.31. The molecule has 4 nitrogen and oxygen atoms in total. The minimum atomic E-state index is -0.624. The van der Waals surface area contributed by atoms with Crippen LogP contribution in [-0.4, -0.2) is 9.78 Å². The molecule has 0 spiro atoms. The molecule has 0 aliphatic carbocycles. The number of nitrogens with zero attached hydrogens (tertiary/aromatic N) is 2. The van der Waals surface area contributed by atoms with E-state index in [4.69, 9.17) is 0 Å². The zero-order valence-corrected chi connectivity index (χ0v) is 11.2. The molecule has 0 atom stereocenters. The van der Waals surface area contributed by atoms with Crippen molar-refractivity contribution in [3.8, 4) is 16.3 Å². The van der Waals surface area contributed by atoms with Gasteiger partial charge in [-0.3, -0.25) is 9.59 Å². The average Bonchev–Trinajstić information content (AvgIpc) is 2.51. The smallest absolute Gasteiger partial charge is 0.271 e. The SMILES string of the molecule is O=c1sc(-c2ccccc2)nn(-c2ccccc2)c1=O. The van der Waals surface area contributed by atoms with Gasteiger partial charge in [-0.05, 0) is 12.1 Å². The molecular formula is C15H10N2O2S. The summed E-state index contributed by atoms with van der Waals surface area (Å²) in [6.45, 7) is 0. The largest absolute Gasteiger partial charge is 0.330 e. The molecule has 3 rings (SSSR count). The second kappa shape index (κ2) is 5.22. The Morgan fingerprint density at radius 1 is 0.850 bits per heavy atom. The van der Waals surface area contributed by atoms with E-state index in [1.165, 1.54) is 0 Å². The normalized spacial score (nSPS) is 10.4. The van der Waals surface area contributed by atoms with Crippen LogP contribution in [0.25, 0.3) is 16.3 Å². The van der Waals surface area contributed by atoms with Gasteiger partial charge in [0, 0.05) is 5.56 Å². The lowest BCUT2D eigenvalue weighted by atomic mass is 10.2. The van der Waals surface area contributed by atoms with E-state index in [0.29, 0.717) is 10.7 Å². The average molecular weight is 282 g/mol. The van der Waals surface area contributed by atoms with Gasteiger partial charge < -0.3 is 0 Å². The summed E-state index contributed by atoms with van der Waals surface area (Å²) in [6.07, 6.45) is 0. The van der Waals surface area contributed by atoms with E-state index < -0.39 is 10.3 Å². The fourth-order valence-corrected chi connectivity index (χ4v) is 2.54. The predicted molar refractivity (Wildman–Crippen MR) is 79.4 cm³/mol. The molecule has 0 aliphatic heterocycles.